The monoisotopic (exact) mass is 340 g/mol. The fraction of sp³-hybridized carbons (Fsp3) is 0.667. The number of piperidine rings is 1. The molecule has 2 N–H and O–H groups in total. The van der Waals surface area contributed by atoms with E-state index in [0.717, 1.165) is 32.5 Å². The lowest BCUT2D eigenvalue weighted by molar-refractivity contribution is 0.0933. The van der Waals surface area contributed by atoms with Crippen molar-refractivity contribution in [2.45, 2.75) is 26.7 Å². The van der Waals surface area contributed by atoms with Gasteiger partial charge in [0.1, 0.15) is 5.00 Å². The van der Waals surface area contributed by atoms with Crippen LogP contribution >= 0.6 is 11.3 Å². The van der Waals surface area contributed by atoms with Crippen LogP contribution in [0, 0.1) is 5.92 Å². The van der Waals surface area contributed by atoms with E-state index in [1.807, 2.05) is 0 Å². The van der Waals surface area contributed by atoms with Gasteiger partial charge in [0.25, 0.3) is 5.91 Å². The molecule has 1 aliphatic rings. The molecule has 8 heteroatoms. The molecule has 0 aliphatic carbocycles. The van der Waals surface area contributed by atoms with Crippen molar-refractivity contribution in [3.63, 3.8) is 0 Å². The number of aromatic nitrogens is 1. The molecule has 0 aromatic carbocycles. The molecule has 1 aromatic heterocycles. The molecule has 1 aromatic rings. The molecule has 1 aliphatic heterocycles. The molecule has 7 nitrogen and oxygen atoms in total. The van der Waals surface area contributed by atoms with Crippen molar-refractivity contribution in [2.24, 2.45) is 5.92 Å². The minimum Gasteiger partial charge on any atom is -0.450 e. The largest absolute Gasteiger partial charge is 0.450 e. The molecule has 23 heavy (non-hydrogen) atoms. The zero-order valence-corrected chi connectivity index (χ0v) is 14.4. The van der Waals surface area contributed by atoms with E-state index in [0.29, 0.717) is 17.5 Å². The molecule has 2 rings (SSSR count). The van der Waals surface area contributed by atoms with E-state index < -0.39 is 6.09 Å². The summed E-state index contributed by atoms with van der Waals surface area (Å²) in [6.07, 6.45) is 1.62. The zero-order valence-electron chi connectivity index (χ0n) is 13.6. The summed E-state index contributed by atoms with van der Waals surface area (Å²) >= 11 is 1.21. The van der Waals surface area contributed by atoms with Crippen molar-refractivity contribution in [1.29, 1.82) is 0 Å². The highest BCUT2D eigenvalue weighted by molar-refractivity contribution is 7.14. The van der Waals surface area contributed by atoms with Gasteiger partial charge in [0.05, 0.1) is 12.1 Å². The summed E-state index contributed by atoms with van der Waals surface area (Å²) in [5.41, 5.74) is 1.78. The Morgan fingerprint density at radius 1 is 1.39 bits per heavy atom. The van der Waals surface area contributed by atoms with Gasteiger partial charge in [0, 0.05) is 6.54 Å². The van der Waals surface area contributed by atoms with Crippen molar-refractivity contribution in [3.8, 4) is 0 Å². The molecule has 0 radical (unpaired) electrons. The van der Waals surface area contributed by atoms with Gasteiger partial charge in [-0.3, -0.25) is 10.1 Å². The number of anilines is 1. The molecule has 128 valence electrons. The number of carbonyl (C=O) groups is 2. The van der Waals surface area contributed by atoms with Crippen molar-refractivity contribution in [2.75, 3.05) is 38.1 Å². The third kappa shape index (κ3) is 5.18. The van der Waals surface area contributed by atoms with Crippen LogP contribution in [-0.2, 0) is 4.74 Å². The first kappa shape index (κ1) is 17.7. The van der Waals surface area contributed by atoms with E-state index in [4.69, 9.17) is 4.74 Å². The predicted molar refractivity (Wildman–Crippen MR) is 89.9 cm³/mol. The van der Waals surface area contributed by atoms with E-state index in [2.05, 4.69) is 27.4 Å². The maximum atomic E-state index is 12.3. The topological polar surface area (TPSA) is 83.6 Å². The maximum Gasteiger partial charge on any atom is 0.412 e. The van der Waals surface area contributed by atoms with Crippen LogP contribution in [0.2, 0.25) is 0 Å². The fourth-order valence-electron chi connectivity index (χ4n) is 2.58. The second-order valence-electron chi connectivity index (χ2n) is 5.46. The summed E-state index contributed by atoms with van der Waals surface area (Å²) in [4.78, 5) is 30.2. The Bertz CT molecular complexity index is 527. The minimum atomic E-state index is -0.572. The number of nitrogens with one attached hydrogen (secondary N) is 2. The molecule has 0 unspecified atom stereocenters. The van der Waals surface area contributed by atoms with Gasteiger partial charge < -0.3 is 15.0 Å². The molecule has 2 amide bonds. The highest BCUT2D eigenvalue weighted by atomic mass is 32.1. The number of likely N-dealkylation sites (tertiary alicyclic amines) is 1. The van der Waals surface area contributed by atoms with Gasteiger partial charge in [-0.1, -0.05) is 6.92 Å². The van der Waals surface area contributed by atoms with Gasteiger partial charge in [-0.05, 0) is 45.3 Å². The normalized spacial score (nSPS) is 16.1. The molecule has 0 atom stereocenters. The number of hydrogen-bond donors (Lipinski definition) is 2. The van der Waals surface area contributed by atoms with Gasteiger partial charge in [-0.25, -0.2) is 9.78 Å². The number of carbonyl (C=O) groups excluding carboxylic acids is 2. The highest BCUT2D eigenvalue weighted by Gasteiger charge is 2.21. The number of nitrogens with zero attached hydrogens (tertiary/aromatic N) is 2. The Morgan fingerprint density at radius 2 is 2.13 bits per heavy atom. The second kappa shape index (κ2) is 8.83. The molecule has 0 spiro atoms. The second-order valence-corrected chi connectivity index (χ2v) is 6.32. The van der Waals surface area contributed by atoms with E-state index >= 15 is 0 Å². The molecule has 0 saturated carbocycles. The van der Waals surface area contributed by atoms with Crippen molar-refractivity contribution in [1.82, 2.24) is 15.2 Å². The van der Waals surface area contributed by atoms with Crippen LogP contribution in [0.1, 0.15) is 37.2 Å². The van der Waals surface area contributed by atoms with Gasteiger partial charge >= 0.3 is 6.09 Å². The zero-order chi connectivity index (χ0) is 16.7. The Kier molecular flexibility index (Phi) is 6.79. The molecule has 0 bridgehead atoms. The lowest BCUT2D eigenvalue weighted by Crippen LogP contribution is -2.38. The molecule has 1 saturated heterocycles. The van der Waals surface area contributed by atoms with Crippen molar-refractivity contribution >= 4 is 28.3 Å². The van der Waals surface area contributed by atoms with E-state index in [1.165, 1.54) is 16.8 Å². The number of rotatable bonds is 6. The van der Waals surface area contributed by atoms with Gasteiger partial charge in [-0.2, -0.15) is 0 Å². The van der Waals surface area contributed by atoms with Crippen LogP contribution in [0.5, 0.6) is 0 Å². The SMILES string of the molecule is CCOC(=O)Nc1scnc1C(=O)NCC1CCN(CC)CC1. The molecule has 2 heterocycles. The quantitative estimate of drug-likeness (QED) is 0.829. The first-order chi connectivity index (χ1) is 11.1. The van der Waals surface area contributed by atoms with Crippen molar-refractivity contribution < 1.29 is 14.3 Å². The third-order valence-corrected chi connectivity index (χ3v) is 4.72. The summed E-state index contributed by atoms with van der Waals surface area (Å²) in [5, 5.41) is 5.90. The van der Waals surface area contributed by atoms with E-state index in [9.17, 15) is 9.59 Å². The number of ether oxygens (including phenoxy) is 1. The van der Waals surface area contributed by atoms with Crippen LogP contribution in [-0.4, -0.2) is 54.7 Å². The minimum absolute atomic E-state index is 0.244. The first-order valence-electron chi connectivity index (χ1n) is 8.01. The highest BCUT2D eigenvalue weighted by Crippen LogP contribution is 2.21. The number of hydrogen-bond acceptors (Lipinski definition) is 6. The average molecular weight is 340 g/mol. The van der Waals surface area contributed by atoms with E-state index in [-0.39, 0.29) is 18.2 Å². The summed E-state index contributed by atoms with van der Waals surface area (Å²) in [6, 6.07) is 0. The van der Waals surface area contributed by atoms with Gasteiger partial charge in [-0.15, -0.1) is 11.3 Å². The van der Waals surface area contributed by atoms with Gasteiger partial charge in [0.2, 0.25) is 0 Å². The predicted octanol–water partition coefficient (Wildman–Crippen LogP) is 2.17. The van der Waals surface area contributed by atoms with Gasteiger partial charge in [0.15, 0.2) is 5.69 Å². The van der Waals surface area contributed by atoms with Crippen LogP contribution < -0.4 is 10.6 Å². The summed E-state index contributed by atoms with van der Waals surface area (Å²) in [7, 11) is 0. The number of amides is 2. The summed E-state index contributed by atoms with van der Waals surface area (Å²) in [5.74, 6) is 0.248. The molecule has 1 fully saturated rings. The van der Waals surface area contributed by atoms with Crippen LogP contribution in [0.15, 0.2) is 5.51 Å². The average Bonchev–Trinajstić information content (AvgIpc) is 3.01. The first-order valence-corrected chi connectivity index (χ1v) is 8.89. The Hall–Kier alpha value is -1.67. The van der Waals surface area contributed by atoms with E-state index in [1.54, 1.807) is 6.92 Å². The van der Waals surface area contributed by atoms with Crippen LogP contribution in [0.25, 0.3) is 0 Å². The van der Waals surface area contributed by atoms with Crippen LogP contribution in [0.4, 0.5) is 9.80 Å². The summed E-state index contributed by atoms with van der Waals surface area (Å²) < 4.78 is 4.82. The van der Waals surface area contributed by atoms with Crippen LogP contribution in [0.3, 0.4) is 0 Å². The Morgan fingerprint density at radius 3 is 2.78 bits per heavy atom. The lowest BCUT2D eigenvalue weighted by Gasteiger charge is -2.30. The molecular formula is C15H24N4O3S. The Balaban J connectivity index is 1.82. The standard InChI is InChI=1S/C15H24N4O3S/c1-3-19-7-5-11(6-8-19)9-16-13(20)12-14(23-10-17-12)18-15(21)22-4-2/h10-11H,3-9H2,1-2H3,(H,16,20)(H,18,21). The summed E-state index contributed by atoms with van der Waals surface area (Å²) in [6.45, 7) is 8.08. The maximum absolute atomic E-state index is 12.3. The lowest BCUT2D eigenvalue weighted by atomic mass is 9.97. The smallest absolute Gasteiger partial charge is 0.412 e. The third-order valence-electron chi connectivity index (χ3n) is 3.98. The number of thiazole rings is 1. The van der Waals surface area contributed by atoms with Crippen molar-refractivity contribution in [3.05, 3.63) is 11.2 Å². The Labute approximate surface area is 140 Å². The molecular weight excluding hydrogens is 316 g/mol. The fourth-order valence-corrected chi connectivity index (χ4v) is 3.25.